The van der Waals surface area contributed by atoms with Gasteiger partial charge < -0.3 is 14.8 Å². The van der Waals surface area contributed by atoms with E-state index in [0.717, 1.165) is 0 Å². The van der Waals surface area contributed by atoms with Gasteiger partial charge >= 0.3 is 0 Å². The zero-order chi connectivity index (χ0) is 12.1. The number of nitrogens with one attached hydrogen (secondary N) is 1. The highest BCUT2D eigenvalue weighted by molar-refractivity contribution is 6.03. The van der Waals surface area contributed by atoms with Gasteiger partial charge in [0.2, 0.25) is 0 Å². The van der Waals surface area contributed by atoms with E-state index in [9.17, 15) is 4.79 Å². The van der Waals surface area contributed by atoms with Gasteiger partial charge in [-0.1, -0.05) is 6.58 Å². The molecule has 0 aliphatic rings. The van der Waals surface area contributed by atoms with Crippen LogP contribution in [0.4, 0.5) is 5.69 Å². The zero-order valence-corrected chi connectivity index (χ0v) is 9.66. The molecule has 1 aromatic carbocycles. The summed E-state index contributed by atoms with van der Waals surface area (Å²) in [6, 6.07) is 5.17. The van der Waals surface area contributed by atoms with Crippen LogP contribution in [0.25, 0.3) is 0 Å². The van der Waals surface area contributed by atoms with Crippen molar-refractivity contribution in [3.8, 4) is 11.5 Å². The van der Waals surface area contributed by atoms with Gasteiger partial charge in [0.1, 0.15) is 11.5 Å². The Labute approximate surface area is 94.9 Å². The minimum atomic E-state index is -0.233. The molecule has 1 rings (SSSR count). The summed E-state index contributed by atoms with van der Waals surface area (Å²) in [5.41, 5.74) is 1.04. The predicted octanol–water partition coefficient (Wildman–Crippen LogP) is 2.22. The van der Waals surface area contributed by atoms with Gasteiger partial charge in [-0.05, 0) is 19.1 Å². The van der Waals surface area contributed by atoms with E-state index in [2.05, 4.69) is 11.9 Å². The van der Waals surface area contributed by atoms with Crippen molar-refractivity contribution >= 4 is 11.6 Å². The van der Waals surface area contributed by atoms with Crippen LogP contribution < -0.4 is 14.8 Å². The fraction of sp³-hybridized carbons (Fsp3) is 0.250. The number of carbonyl (C=O) groups is 1. The fourth-order valence-electron chi connectivity index (χ4n) is 1.13. The molecule has 4 heteroatoms. The Balaban J connectivity index is 2.96. The van der Waals surface area contributed by atoms with Gasteiger partial charge in [0, 0.05) is 11.6 Å². The lowest BCUT2D eigenvalue weighted by molar-refractivity contribution is -0.112. The predicted molar refractivity (Wildman–Crippen MR) is 63.0 cm³/mol. The third-order valence-corrected chi connectivity index (χ3v) is 2.04. The Morgan fingerprint density at radius 2 is 2.00 bits per heavy atom. The Morgan fingerprint density at radius 3 is 2.50 bits per heavy atom. The van der Waals surface area contributed by atoms with Crippen LogP contribution in [0.1, 0.15) is 6.92 Å². The highest BCUT2D eigenvalue weighted by atomic mass is 16.5. The second kappa shape index (κ2) is 5.21. The van der Waals surface area contributed by atoms with Crippen LogP contribution in [0.5, 0.6) is 11.5 Å². The molecule has 0 atom stereocenters. The standard InChI is InChI=1S/C12H15NO3/c1-8(2)12(14)13-10-6-5-9(15-3)7-11(10)16-4/h5-7H,1H2,2-4H3,(H,13,14). The van der Waals surface area contributed by atoms with E-state index < -0.39 is 0 Å². The average molecular weight is 221 g/mol. The van der Waals surface area contributed by atoms with Crippen molar-refractivity contribution in [1.82, 2.24) is 0 Å². The number of ether oxygens (including phenoxy) is 2. The van der Waals surface area contributed by atoms with E-state index in [1.807, 2.05) is 0 Å². The van der Waals surface area contributed by atoms with Crippen molar-refractivity contribution in [3.05, 3.63) is 30.4 Å². The molecule has 0 aliphatic carbocycles. The van der Waals surface area contributed by atoms with Gasteiger partial charge in [-0.3, -0.25) is 4.79 Å². The van der Waals surface area contributed by atoms with E-state index in [4.69, 9.17) is 9.47 Å². The summed E-state index contributed by atoms with van der Waals surface area (Å²) in [4.78, 5) is 11.4. The Kier molecular flexibility index (Phi) is 3.94. The molecular formula is C12H15NO3. The first-order valence-electron chi connectivity index (χ1n) is 4.77. The first-order valence-corrected chi connectivity index (χ1v) is 4.77. The monoisotopic (exact) mass is 221 g/mol. The second-order valence-corrected chi connectivity index (χ2v) is 3.30. The Bertz CT molecular complexity index is 413. The first-order chi connectivity index (χ1) is 7.58. The van der Waals surface area contributed by atoms with Crippen molar-refractivity contribution < 1.29 is 14.3 Å². The van der Waals surface area contributed by atoms with Gasteiger partial charge in [0.25, 0.3) is 5.91 Å². The van der Waals surface area contributed by atoms with Crippen LogP contribution in [-0.2, 0) is 4.79 Å². The molecule has 0 radical (unpaired) electrons. The van der Waals surface area contributed by atoms with Crippen LogP contribution in [0.3, 0.4) is 0 Å². The van der Waals surface area contributed by atoms with Crippen molar-refractivity contribution in [2.45, 2.75) is 6.92 Å². The number of methoxy groups -OCH3 is 2. The number of hydrogen-bond donors (Lipinski definition) is 1. The third-order valence-electron chi connectivity index (χ3n) is 2.04. The molecule has 0 heterocycles. The van der Waals surface area contributed by atoms with E-state index >= 15 is 0 Å². The summed E-state index contributed by atoms with van der Waals surface area (Å²) in [5, 5.41) is 2.69. The fourth-order valence-corrected chi connectivity index (χ4v) is 1.13. The lowest BCUT2D eigenvalue weighted by atomic mass is 10.2. The summed E-state index contributed by atoms with van der Waals surface area (Å²) in [7, 11) is 3.10. The number of rotatable bonds is 4. The van der Waals surface area contributed by atoms with Gasteiger partial charge in [-0.25, -0.2) is 0 Å². The van der Waals surface area contributed by atoms with Crippen molar-refractivity contribution in [3.63, 3.8) is 0 Å². The van der Waals surface area contributed by atoms with Crippen LogP contribution in [0.2, 0.25) is 0 Å². The molecule has 1 amide bonds. The summed E-state index contributed by atoms with van der Waals surface area (Å²) in [6.45, 7) is 5.21. The number of benzene rings is 1. The largest absolute Gasteiger partial charge is 0.497 e. The molecule has 0 saturated heterocycles. The van der Waals surface area contributed by atoms with Crippen LogP contribution >= 0.6 is 0 Å². The average Bonchev–Trinajstić information content (AvgIpc) is 2.29. The summed E-state index contributed by atoms with van der Waals surface area (Å²) >= 11 is 0. The van der Waals surface area contributed by atoms with Gasteiger partial charge in [0.15, 0.2) is 0 Å². The van der Waals surface area contributed by atoms with Crippen molar-refractivity contribution in [1.29, 1.82) is 0 Å². The van der Waals surface area contributed by atoms with Crippen LogP contribution in [0, 0.1) is 0 Å². The maximum Gasteiger partial charge on any atom is 0.250 e. The van der Waals surface area contributed by atoms with E-state index in [1.165, 1.54) is 7.11 Å². The lowest BCUT2D eigenvalue weighted by Crippen LogP contribution is -2.12. The molecule has 0 unspecified atom stereocenters. The molecule has 0 aromatic heterocycles. The first kappa shape index (κ1) is 12.1. The van der Waals surface area contributed by atoms with Crippen LogP contribution in [-0.4, -0.2) is 20.1 Å². The summed E-state index contributed by atoms with van der Waals surface area (Å²) in [6.07, 6.45) is 0. The Hall–Kier alpha value is -1.97. The molecule has 1 N–H and O–H groups in total. The third kappa shape index (κ3) is 2.76. The molecule has 4 nitrogen and oxygen atoms in total. The smallest absolute Gasteiger partial charge is 0.250 e. The molecule has 0 aliphatic heterocycles. The van der Waals surface area contributed by atoms with Crippen LogP contribution in [0.15, 0.2) is 30.4 Å². The van der Waals surface area contributed by atoms with Crippen molar-refractivity contribution in [2.75, 3.05) is 19.5 Å². The Morgan fingerprint density at radius 1 is 1.31 bits per heavy atom. The zero-order valence-electron chi connectivity index (χ0n) is 9.66. The molecule has 0 bridgehead atoms. The maximum atomic E-state index is 11.4. The maximum absolute atomic E-state index is 11.4. The molecule has 0 saturated carbocycles. The highest BCUT2D eigenvalue weighted by Crippen LogP contribution is 2.29. The quantitative estimate of drug-likeness (QED) is 0.793. The van der Waals surface area contributed by atoms with E-state index in [-0.39, 0.29) is 5.91 Å². The number of carbonyl (C=O) groups excluding carboxylic acids is 1. The molecule has 0 fully saturated rings. The topological polar surface area (TPSA) is 47.6 Å². The number of hydrogen-bond acceptors (Lipinski definition) is 3. The molecule has 0 spiro atoms. The summed E-state index contributed by atoms with van der Waals surface area (Å²) < 4.78 is 10.2. The molecule has 86 valence electrons. The molecule has 16 heavy (non-hydrogen) atoms. The van der Waals surface area contributed by atoms with Gasteiger partial charge in [-0.2, -0.15) is 0 Å². The van der Waals surface area contributed by atoms with E-state index in [1.54, 1.807) is 32.2 Å². The highest BCUT2D eigenvalue weighted by Gasteiger charge is 2.08. The number of anilines is 1. The minimum absolute atomic E-state index is 0.233. The van der Waals surface area contributed by atoms with Gasteiger partial charge in [0.05, 0.1) is 19.9 Å². The molecular weight excluding hydrogens is 206 g/mol. The van der Waals surface area contributed by atoms with Crippen molar-refractivity contribution in [2.24, 2.45) is 0 Å². The minimum Gasteiger partial charge on any atom is -0.497 e. The SMILES string of the molecule is C=C(C)C(=O)Nc1ccc(OC)cc1OC. The normalized spacial score (nSPS) is 9.44. The molecule has 1 aromatic rings. The summed E-state index contributed by atoms with van der Waals surface area (Å²) in [5.74, 6) is 0.989. The second-order valence-electron chi connectivity index (χ2n) is 3.30. The van der Waals surface area contributed by atoms with Gasteiger partial charge in [-0.15, -0.1) is 0 Å². The number of amides is 1. The lowest BCUT2D eigenvalue weighted by Gasteiger charge is -2.11. The van der Waals surface area contributed by atoms with E-state index in [0.29, 0.717) is 22.8 Å².